The highest BCUT2D eigenvalue weighted by molar-refractivity contribution is 7.46. The molecule has 1 rings (SSSR count). The molecule has 0 spiro atoms. The minimum atomic E-state index is -4.35. The Morgan fingerprint density at radius 1 is 1.20 bits per heavy atom. The van der Waals surface area contributed by atoms with Crippen molar-refractivity contribution in [3.05, 3.63) is 28.8 Å². The van der Waals surface area contributed by atoms with Crippen molar-refractivity contribution in [1.82, 2.24) is 0 Å². The van der Waals surface area contributed by atoms with Gasteiger partial charge < -0.3 is 14.5 Å². The van der Waals surface area contributed by atoms with E-state index >= 15 is 0 Å². The summed E-state index contributed by atoms with van der Waals surface area (Å²) in [4.78, 5) is 17.2. The van der Waals surface area contributed by atoms with E-state index in [1.165, 1.54) is 0 Å². The summed E-state index contributed by atoms with van der Waals surface area (Å²) in [5, 5.41) is 0. The summed E-state index contributed by atoms with van der Waals surface area (Å²) in [6.45, 7) is 8.03. The van der Waals surface area contributed by atoms with E-state index in [9.17, 15) is 4.57 Å². The third kappa shape index (κ3) is 6.06. The first-order valence-corrected chi connectivity index (χ1v) is 8.19. The third-order valence-electron chi connectivity index (χ3n) is 2.74. The molecule has 0 amide bonds. The highest BCUT2D eigenvalue weighted by Crippen LogP contribution is 2.35. The maximum absolute atomic E-state index is 10.6. The van der Waals surface area contributed by atoms with E-state index in [1.54, 1.807) is 0 Å². The number of rotatable bonds is 7. The molecule has 2 N–H and O–H groups in total. The molecule has 0 radical (unpaired) electrons. The van der Waals surface area contributed by atoms with Crippen molar-refractivity contribution in [3.8, 4) is 5.75 Å². The molecule has 6 heteroatoms. The summed E-state index contributed by atoms with van der Waals surface area (Å²) in [7, 11) is -4.35. The Bertz CT molecular complexity index is 469. The summed E-state index contributed by atoms with van der Waals surface area (Å²) in [6.07, 6.45) is 1.41. The number of phosphoric ester groups is 1. The maximum Gasteiger partial charge on any atom is 0.469 e. The Kier molecular flexibility index (Phi) is 6.21. The molecule has 0 atom stereocenters. The van der Waals surface area contributed by atoms with Crippen LogP contribution < -0.4 is 4.74 Å². The summed E-state index contributed by atoms with van der Waals surface area (Å²) in [5.41, 5.74) is 3.26. The highest BCUT2D eigenvalue weighted by atomic mass is 31.2. The number of ether oxygens (including phenoxy) is 1. The number of aryl methyl sites for hydroxylation is 3. The van der Waals surface area contributed by atoms with Crippen LogP contribution in [0.3, 0.4) is 0 Å². The fraction of sp³-hybridized carbons (Fsp3) is 0.571. The molecular formula is C14H23O5P. The molecule has 0 saturated carbocycles. The molecule has 0 aliphatic rings. The lowest BCUT2D eigenvalue weighted by molar-refractivity contribution is 0.195. The first kappa shape index (κ1) is 17.2. The van der Waals surface area contributed by atoms with Crippen LogP contribution in [0.1, 0.15) is 37.0 Å². The molecule has 20 heavy (non-hydrogen) atoms. The molecule has 1 aromatic carbocycles. The Morgan fingerprint density at radius 3 is 2.20 bits per heavy atom. The van der Waals surface area contributed by atoms with E-state index in [2.05, 4.69) is 4.52 Å². The topological polar surface area (TPSA) is 76.0 Å². The van der Waals surface area contributed by atoms with Gasteiger partial charge in [0, 0.05) is 0 Å². The Morgan fingerprint density at radius 2 is 1.75 bits per heavy atom. The van der Waals surface area contributed by atoms with Crippen LogP contribution in [0, 0.1) is 13.8 Å². The van der Waals surface area contributed by atoms with Crippen molar-refractivity contribution >= 4 is 7.82 Å². The quantitative estimate of drug-likeness (QED) is 0.598. The molecule has 0 saturated heterocycles. The summed E-state index contributed by atoms with van der Waals surface area (Å²) >= 11 is 0. The SMILES string of the molecule is Cc1cc(CCCOP(=O)(O)O)cc(C)c1OC(C)C. The minimum absolute atomic E-state index is 0.0482. The first-order chi connectivity index (χ1) is 9.19. The summed E-state index contributed by atoms with van der Waals surface area (Å²) < 4.78 is 20.8. The van der Waals surface area contributed by atoms with Gasteiger partial charge in [-0.3, -0.25) is 4.52 Å². The van der Waals surface area contributed by atoms with Crippen LogP contribution in [0.5, 0.6) is 5.75 Å². The number of benzene rings is 1. The van der Waals surface area contributed by atoms with E-state index in [0.29, 0.717) is 12.8 Å². The molecule has 0 heterocycles. The zero-order chi connectivity index (χ0) is 15.3. The molecule has 114 valence electrons. The van der Waals surface area contributed by atoms with Crippen LogP contribution in [0.4, 0.5) is 0 Å². The third-order valence-corrected chi connectivity index (χ3v) is 3.26. The van der Waals surface area contributed by atoms with E-state index in [1.807, 2.05) is 39.8 Å². The largest absolute Gasteiger partial charge is 0.490 e. The molecule has 0 bridgehead atoms. The second-order valence-electron chi connectivity index (χ2n) is 5.15. The fourth-order valence-electron chi connectivity index (χ4n) is 2.07. The average Bonchev–Trinajstić information content (AvgIpc) is 2.28. The van der Waals surface area contributed by atoms with Gasteiger partial charge >= 0.3 is 7.82 Å². The summed E-state index contributed by atoms with van der Waals surface area (Å²) in [6, 6.07) is 4.09. The molecule has 0 aliphatic carbocycles. The van der Waals surface area contributed by atoms with Gasteiger partial charge in [-0.05, 0) is 57.2 Å². The van der Waals surface area contributed by atoms with Crippen molar-refractivity contribution < 1.29 is 23.6 Å². The van der Waals surface area contributed by atoms with Crippen molar-refractivity contribution in [3.63, 3.8) is 0 Å². The van der Waals surface area contributed by atoms with Crippen LogP contribution in [-0.2, 0) is 15.5 Å². The van der Waals surface area contributed by atoms with Gasteiger partial charge in [-0.1, -0.05) is 12.1 Å². The van der Waals surface area contributed by atoms with Crippen molar-refractivity contribution in [2.24, 2.45) is 0 Å². The Hall–Kier alpha value is -0.870. The van der Waals surface area contributed by atoms with Gasteiger partial charge in [-0.15, -0.1) is 0 Å². The molecule has 1 aromatic rings. The lowest BCUT2D eigenvalue weighted by atomic mass is 10.0. The van der Waals surface area contributed by atoms with Crippen LogP contribution in [0.25, 0.3) is 0 Å². The van der Waals surface area contributed by atoms with Crippen molar-refractivity contribution in [2.45, 2.75) is 46.6 Å². The van der Waals surface area contributed by atoms with Gasteiger partial charge in [0.25, 0.3) is 0 Å². The van der Waals surface area contributed by atoms with E-state index in [4.69, 9.17) is 14.5 Å². The molecule has 0 fully saturated rings. The molecule has 0 aromatic heterocycles. The van der Waals surface area contributed by atoms with Gasteiger partial charge in [0.15, 0.2) is 0 Å². The molecule has 5 nitrogen and oxygen atoms in total. The molecular weight excluding hydrogens is 279 g/mol. The van der Waals surface area contributed by atoms with Gasteiger partial charge in [-0.2, -0.15) is 0 Å². The lowest BCUT2D eigenvalue weighted by Gasteiger charge is -2.16. The summed E-state index contributed by atoms with van der Waals surface area (Å²) in [5.74, 6) is 0.912. The van der Waals surface area contributed by atoms with E-state index in [-0.39, 0.29) is 12.7 Å². The number of phosphoric acid groups is 1. The molecule has 0 aliphatic heterocycles. The number of hydrogen-bond acceptors (Lipinski definition) is 3. The zero-order valence-corrected chi connectivity index (χ0v) is 13.3. The van der Waals surface area contributed by atoms with Crippen LogP contribution in [-0.4, -0.2) is 22.5 Å². The second-order valence-corrected chi connectivity index (χ2v) is 6.39. The predicted molar refractivity (Wildman–Crippen MR) is 78.0 cm³/mol. The van der Waals surface area contributed by atoms with Crippen LogP contribution in [0.15, 0.2) is 12.1 Å². The maximum atomic E-state index is 10.6. The highest BCUT2D eigenvalue weighted by Gasteiger charge is 2.13. The number of hydrogen-bond donors (Lipinski definition) is 2. The van der Waals surface area contributed by atoms with Crippen LogP contribution in [0.2, 0.25) is 0 Å². The Balaban J connectivity index is 2.62. The lowest BCUT2D eigenvalue weighted by Crippen LogP contribution is -2.08. The van der Waals surface area contributed by atoms with Gasteiger partial charge in [0.05, 0.1) is 12.7 Å². The smallest absolute Gasteiger partial charge is 0.469 e. The standard InChI is InChI=1S/C14H23O5P/c1-10(2)19-14-11(3)8-13(9-12(14)4)6-5-7-18-20(15,16)17/h8-10H,5-7H2,1-4H3,(H2,15,16,17). The van der Waals surface area contributed by atoms with Crippen LogP contribution >= 0.6 is 7.82 Å². The second kappa shape index (κ2) is 7.23. The monoisotopic (exact) mass is 302 g/mol. The van der Waals surface area contributed by atoms with Crippen molar-refractivity contribution in [2.75, 3.05) is 6.61 Å². The zero-order valence-electron chi connectivity index (χ0n) is 12.4. The van der Waals surface area contributed by atoms with Crippen molar-refractivity contribution in [1.29, 1.82) is 0 Å². The van der Waals surface area contributed by atoms with Gasteiger partial charge in [-0.25, -0.2) is 4.57 Å². The molecule has 0 unspecified atom stereocenters. The van der Waals surface area contributed by atoms with E-state index in [0.717, 1.165) is 22.4 Å². The van der Waals surface area contributed by atoms with Gasteiger partial charge in [0.2, 0.25) is 0 Å². The average molecular weight is 302 g/mol. The normalized spacial score (nSPS) is 11.9. The minimum Gasteiger partial charge on any atom is -0.490 e. The van der Waals surface area contributed by atoms with E-state index < -0.39 is 7.82 Å². The first-order valence-electron chi connectivity index (χ1n) is 6.66. The Labute approximate surface area is 120 Å². The van der Waals surface area contributed by atoms with Gasteiger partial charge in [0.1, 0.15) is 5.75 Å². The predicted octanol–water partition coefficient (Wildman–Crippen LogP) is 3.13. The fourth-order valence-corrected chi connectivity index (χ4v) is 2.43.